The van der Waals surface area contributed by atoms with Crippen LogP contribution in [0.4, 0.5) is 0 Å². The van der Waals surface area contributed by atoms with Crippen molar-refractivity contribution in [1.29, 1.82) is 0 Å². The van der Waals surface area contributed by atoms with Crippen molar-refractivity contribution in [2.75, 3.05) is 6.61 Å². The number of allylic oxidation sites excluding steroid dienone is 3. The second kappa shape index (κ2) is 11.2. The quantitative estimate of drug-likeness (QED) is 0.726. The highest BCUT2D eigenvalue weighted by Gasteiger charge is 1.86. The molecule has 2 nitrogen and oxygen atoms in total. The van der Waals surface area contributed by atoms with Crippen molar-refractivity contribution in [2.24, 2.45) is 0 Å². The largest absolute Gasteiger partial charge is 0.392 e. The zero-order valence-electron chi connectivity index (χ0n) is 10.6. The molecule has 0 rings (SSSR count). The smallest absolute Gasteiger partial charge is 0.126 e. The summed E-state index contributed by atoms with van der Waals surface area (Å²) >= 11 is 0. The molecule has 0 aromatic carbocycles. The average Bonchev–Trinajstić information content (AvgIpc) is 2.02. The Morgan fingerprint density at radius 2 is 1.53 bits per heavy atom. The van der Waals surface area contributed by atoms with Crippen LogP contribution in [0.3, 0.4) is 0 Å². The van der Waals surface area contributed by atoms with Gasteiger partial charge in [0.15, 0.2) is 0 Å². The molecule has 15 heavy (non-hydrogen) atoms. The topological polar surface area (TPSA) is 37.3 Å². The maximum Gasteiger partial charge on any atom is 0.126 e. The van der Waals surface area contributed by atoms with E-state index in [-0.39, 0.29) is 12.4 Å². The minimum Gasteiger partial charge on any atom is -0.392 e. The summed E-state index contributed by atoms with van der Waals surface area (Å²) in [6, 6.07) is 0. The molecule has 0 fully saturated rings. The fraction of sp³-hybridized carbons (Fsp3) is 0.615. The third-order valence-electron chi connectivity index (χ3n) is 1.53. The summed E-state index contributed by atoms with van der Waals surface area (Å²) in [5.41, 5.74) is 2.63. The minimum atomic E-state index is 0.167. The van der Waals surface area contributed by atoms with Gasteiger partial charge in [0.25, 0.3) is 0 Å². The number of ketones is 1. The van der Waals surface area contributed by atoms with Gasteiger partial charge in [0, 0.05) is 0 Å². The van der Waals surface area contributed by atoms with Gasteiger partial charge in [0.1, 0.15) is 5.78 Å². The number of hydrogen-bond acceptors (Lipinski definition) is 2. The summed E-state index contributed by atoms with van der Waals surface area (Å²) < 4.78 is 0. The first-order chi connectivity index (χ1) is 6.90. The highest BCUT2D eigenvalue weighted by Crippen LogP contribution is 2.05. The Morgan fingerprint density at radius 3 is 1.87 bits per heavy atom. The maximum absolute atomic E-state index is 9.44. The standard InChI is InChI=1S/C10H18O.C3H6O/c1-9(2)5-4-6-10(3)7-8-11;1-3(2)4/h5,7,11H,4,6,8H2,1-3H3;1-2H3/b10-7+;. The highest BCUT2D eigenvalue weighted by molar-refractivity contribution is 5.72. The van der Waals surface area contributed by atoms with Gasteiger partial charge >= 0.3 is 0 Å². The molecule has 1 N–H and O–H groups in total. The van der Waals surface area contributed by atoms with E-state index in [1.807, 2.05) is 6.08 Å². The molecular formula is C13H24O2. The van der Waals surface area contributed by atoms with Gasteiger partial charge in [0.05, 0.1) is 6.61 Å². The van der Waals surface area contributed by atoms with E-state index >= 15 is 0 Å². The first-order valence-electron chi connectivity index (χ1n) is 5.27. The zero-order valence-corrected chi connectivity index (χ0v) is 10.6. The van der Waals surface area contributed by atoms with Gasteiger partial charge in [-0.15, -0.1) is 0 Å². The molecule has 0 aromatic rings. The lowest BCUT2D eigenvalue weighted by molar-refractivity contribution is -0.114. The molecule has 0 heterocycles. The summed E-state index contributed by atoms with van der Waals surface area (Å²) in [6.45, 7) is 9.48. The van der Waals surface area contributed by atoms with Crippen LogP contribution in [-0.2, 0) is 4.79 Å². The maximum atomic E-state index is 9.44. The van der Waals surface area contributed by atoms with E-state index in [2.05, 4.69) is 26.8 Å². The minimum absolute atomic E-state index is 0.167. The van der Waals surface area contributed by atoms with Crippen molar-refractivity contribution >= 4 is 5.78 Å². The van der Waals surface area contributed by atoms with Crippen LogP contribution in [0.2, 0.25) is 0 Å². The van der Waals surface area contributed by atoms with Crippen molar-refractivity contribution in [2.45, 2.75) is 47.5 Å². The van der Waals surface area contributed by atoms with E-state index in [0.29, 0.717) is 0 Å². The van der Waals surface area contributed by atoms with Crippen molar-refractivity contribution in [3.63, 3.8) is 0 Å². The molecule has 0 unspecified atom stereocenters. The van der Waals surface area contributed by atoms with Crippen LogP contribution in [-0.4, -0.2) is 17.5 Å². The van der Waals surface area contributed by atoms with E-state index < -0.39 is 0 Å². The van der Waals surface area contributed by atoms with Crippen LogP contribution >= 0.6 is 0 Å². The molecule has 0 saturated carbocycles. The average molecular weight is 212 g/mol. The van der Waals surface area contributed by atoms with E-state index in [1.54, 1.807) is 0 Å². The lowest BCUT2D eigenvalue weighted by Gasteiger charge is -1.96. The number of aliphatic hydroxyl groups is 1. The van der Waals surface area contributed by atoms with Gasteiger partial charge in [0.2, 0.25) is 0 Å². The van der Waals surface area contributed by atoms with E-state index in [0.717, 1.165) is 12.8 Å². The number of carbonyl (C=O) groups is 1. The van der Waals surface area contributed by atoms with Gasteiger partial charge in [-0.25, -0.2) is 0 Å². The second-order valence-electron chi connectivity index (χ2n) is 3.96. The van der Waals surface area contributed by atoms with E-state index in [9.17, 15) is 4.79 Å². The first kappa shape index (κ1) is 16.5. The normalized spacial score (nSPS) is 10.1. The predicted octanol–water partition coefficient (Wildman–Crippen LogP) is 3.27. The van der Waals surface area contributed by atoms with Gasteiger partial charge in [-0.1, -0.05) is 23.3 Å². The fourth-order valence-electron chi connectivity index (χ4n) is 0.846. The van der Waals surface area contributed by atoms with Crippen molar-refractivity contribution in [1.82, 2.24) is 0 Å². The Hall–Kier alpha value is -0.890. The summed E-state index contributed by atoms with van der Waals surface area (Å²) in [5.74, 6) is 0.167. The second-order valence-corrected chi connectivity index (χ2v) is 3.96. The van der Waals surface area contributed by atoms with E-state index in [1.165, 1.54) is 25.0 Å². The number of rotatable bonds is 4. The lowest BCUT2D eigenvalue weighted by Crippen LogP contribution is -1.80. The van der Waals surface area contributed by atoms with Gasteiger partial charge in [-0.3, -0.25) is 0 Å². The Labute approximate surface area is 93.7 Å². The molecular weight excluding hydrogens is 188 g/mol. The van der Waals surface area contributed by atoms with Crippen LogP contribution in [0.5, 0.6) is 0 Å². The Kier molecular flexibility index (Phi) is 12.3. The molecule has 2 heteroatoms. The number of carbonyl (C=O) groups excluding carboxylic acids is 1. The lowest BCUT2D eigenvalue weighted by atomic mass is 10.1. The highest BCUT2D eigenvalue weighted by atomic mass is 16.2. The van der Waals surface area contributed by atoms with Gasteiger partial charge in [-0.2, -0.15) is 0 Å². The fourth-order valence-corrected chi connectivity index (χ4v) is 0.846. The van der Waals surface area contributed by atoms with Crippen molar-refractivity contribution in [3.8, 4) is 0 Å². The molecule has 88 valence electrons. The number of hydrogen-bond donors (Lipinski definition) is 1. The van der Waals surface area contributed by atoms with Gasteiger partial charge < -0.3 is 9.90 Å². The third-order valence-corrected chi connectivity index (χ3v) is 1.53. The van der Waals surface area contributed by atoms with Crippen LogP contribution in [0.15, 0.2) is 23.3 Å². The van der Waals surface area contributed by atoms with Crippen LogP contribution in [0.25, 0.3) is 0 Å². The molecule has 0 radical (unpaired) electrons. The van der Waals surface area contributed by atoms with Gasteiger partial charge in [-0.05, 0) is 47.5 Å². The monoisotopic (exact) mass is 212 g/mol. The van der Waals surface area contributed by atoms with Crippen LogP contribution in [0.1, 0.15) is 47.5 Å². The Morgan fingerprint density at radius 1 is 1.07 bits per heavy atom. The third kappa shape index (κ3) is 24.6. The molecule has 0 aliphatic heterocycles. The summed E-state index contributed by atoms with van der Waals surface area (Å²) in [6.07, 6.45) is 6.23. The molecule has 0 bridgehead atoms. The number of aliphatic hydroxyl groups excluding tert-OH is 1. The zero-order chi connectivity index (χ0) is 12.3. The molecule has 0 aromatic heterocycles. The van der Waals surface area contributed by atoms with Crippen molar-refractivity contribution < 1.29 is 9.90 Å². The summed E-state index contributed by atoms with van der Waals surface area (Å²) in [4.78, 5) is 9.44. The SMILES string of the molecule is CC(C)=CCC/C(C)=C/CO.CC(C)=O. The van der Waals surface area contributed by atoms with Crippen LogP contribution < -0.4 is 0 Å². The first-order valence-corrected chi connectivity index (χ1v) is 5.27. The molecule has 0 saturated heterocycles. The molecule has 0 aliphatic rings. The Bertz CT molecular complexity index is 217. The number of Topliss-reactive ketones (excluding diaryl/α,β-unsaturated/α-hetero) is 1. The molecule has 0 aliphatic carbocycles. The van der Waals surface area contributed by atoms with Crippen molar-refractivity contribution in [3.05, 3.63) is 23.3 Å². The van der Waals surface area contributed by atoms with E-state index in [4.69, 9.17) is 5.11 Å². The molecule has 0 amide bonds. The molecule has 0 atom stereocenters. The predicted molar refractivity (Wildman–Crippen MR) is 65.9 cm³/mol. The Balaban J connectivity index is 0. The van der Waals surface area contributed by atoms with Crippen LogP contribution in [0, 0.1) is 0 Å². The molecule has 0 spiro atoms. The summed E-state index contributed by atoms with van der Waals surface area (Å²) in [5, 5.41) is 8.55. The summed E-state index contributed by atoms with van der Waals surface area (Å²) in [7, 11) is 0.